The van der Waals surface area contributed by atoms with Crippen LogP contribution in [0, 0.1) is 0 Å². The van der Waals surface area contributed by atoms with Gasteiger partial charge in [-0.2, -0.15) is 0 Å². The van der Waals surface area contributed by atoms with E-state index < -0.39 is 5.56 Å². The number of carbonyl (C=O) groups excluding carboxylic acids is 1. The van der Waals surface area contributed by atoms with E-state index in [1.807, 2.05) is 0 Å². The van der Waals surface area contributed by atoms with Crippen LogP contribution in [0.3, 0.4) is 0 Å². The molecule has 0 aliphatic rings. The van der Waals surface area contributed by atoms with E-state index in [-0.39, 0.29) is 5.97 Å². The van der Waals surface area contributed by atoms with Crippen LogP contribution in [0.2, 0.25) is 0 Å². The summed E-state index contributed by atoms with van der Waals surface area (Å²) in [5.41, 5.74) is -0.437. The topological polar surface area (TPSA) is 26.3 Å². The van der Waals surface area contributed by atoms with Gasteiger partial charge in [-0.25, -0.2) is 0 Å². The molecular weight excluding hydrogens is 344 g/mol. The highest BCUT2D eigenvalue weighted by molar-refractivity contribution is 6.20. The van der Waals surface area contributed by atoms with Crippen molar-refractivity contribution >= 4 is 17.6 Å². The zero-order valence-electron chi connectivity index (χ0n) is 17.4. The number of carbonyl (C=O) groups is 1. The first-order valence-corrected chi connectivity index (χ1v) is 11.6. The smallest absolute Gasteiger partial charge is 0.307 e. The first-order valence-electron chi connectivity index (χ1n) is 11.2. The van der Waals surface area contributed by atoms with Crippen molar-refractivity contribution in [3.8, 4) is 0 Å². The van der Waals surface area contributed by atoms with Crippen molar-refractivity contribution in [2.75, 3.05) is 0 Å². The molecule has 0 saturated heterocycles. The number of hydrogen-bond acceptors (Lipinski definition) is 2. The van der Waals surface area contributed by atoms with Gasteiger partial charge in [0, 0.05) is 6.42 Å². The maximum Gasteiger partial charge on any atom is 0.307 e. The Hall–Kier alpha value is -0.500. The summed E-state index contributed by atoms with van der Waals surface area (Å²) in [7, 11) is 0. The van der Waals surface area contributed by atoms with Crippen LogP contribution in [0.15, 0.2) is 12.2 Å². The fourth-order valence-corrected chi connectivity index (χ4v) is 3.22. The number of allylic oxidation sites excluding steroid dienone is 2. The molecule has 0 fully saturated rings. The fraction of sp³-hybridized carbons (Fsp3) is 0.870. The molecule has 0 N–H and O–H groups in total. The van der Waals surface area contributed by atoms with E-state index in [2.05, 4.69) is 26.0 Å². The number of ether oxygens (including phenoxy) is 1. The lowest BCUT2D eigenvalue weighted by molar-refractivity contribution is -0.145. The molecule has 0 aliphatic heterocycles. The van der Waals surface area contributed by atoms with Gasteiger partial charge in [-0.3, -0.25) is 4.79 Å². The molecule has 1 unspecified atom stereocenters. The third kappa shape index (κ3) is 19.8. The standard InChI is InChI=1S/C23H43ClO2/c1-3-5-7-8-9-10-11-12-13-14-15-16-17-18-19-21-23(25)26-22(24)20-6-4-2/h10-11,22H,3-9,12-21H2,1-2H3/b11-10+. The van der Waals surface area contributed by atoms with Gasteiger partial charge in [-0.05, 0) is 44.9 Å². The van der Waals surface area contributed by atoms with Crippen LogP contribution in [0.25, 0.3) is 0 Å². The predicted octanol–water partition coefficient (Wildman–Crippen LogP) is 8.32. The number of unbranched alkanes of at least 4 members (excludes halogenated alkanes) is 12. The molecule has 0 aromatic carbocycles. The summed E-state index contributed by atoms with van der Waals surface area (Å²) in [6.07, 6.45) is 24.5. The van der Waals surface area contributed by atoms with Crippen molar-refractivity contribution in [3.05, 3.63) is 12.2 Å². The Balaban J connectivity index is 3.26. The molecule has 26 heavy (non-hydrogen) atoms. The minimum atomic E-state index is -0.437. The zero-order valence-corrected chi connectivity index (χ0v) is 18.2. The highest BCUT2D eigenvalue weighted by Gasteiger charge is 2.10. The monoisotopic (exact) mass is 386 g/mol. The second kappa shape index (κ2) is 20.8. The van der Waals surface area contributed by atoms with E-state index in [1.165, 1.54) is 70.6 Å². The van der Waals surface area contributed by atoms with E-state index in [9.17, 15) is 4.79 Å². The molecule has 0 aromatic rings. The van der Waals surface area contributed by atoms with Gasteiger partial charge in [-0.1, -0.05) is 95.4 Å². The first-order chi connectivity index (χ1) is 12.7. The Morgan fingerprint density at radius 2 is 1.27 bits per heavy atom. The van der Waals surface area contributed by atoms with E-state index >= 15 is 0 Å². The van der Waals surface area contributed by atoms with Gasteiger partial charge in [0.2, 0.25) is 0 Å². The Kier molecular flexibility index (Phi) is 20.4. The predicted molar refractivity (Wildman–Crippen MR) is 115 cm³/mol. The molecule has 2 nitrogen and oxygen atoms in total. The molecule has 0 aliphatic carbocycles. The molecule has 0 radical (unpaired) electrons. The summed E-state index contributed by atoms with van der Waals surface area (Å²) in [5.74, 6) is -0.136. The molecule has 1 atom stereocenters. The quantitative estimate of drug-likeness (QED) is 0.0964. The second-order valence-electron chi connectivity index (χ2n) is 7.38. The molecule has 0 heterocycles. The van der Waals surface area contributed by atoms with Gasteiger partial charge in [-0.15, -0.1) is 0 Å². The van der Waals surface area contributed by atoms with Gasteiger partial charge in [0.25, 0.3) is 0 Å². The SMILES string of the molecule is CCCCCC/C=C/CCCCCCCCCC(=O)OC(Cl)CCCC. The summed E-state index contributed by atoms with van der Waals surface area (Å²) >= 11 is 5.98. The van der Waals surface area contributed by atoms with E-state index in [0.29, 0.717) is 6.42 Å². The molecule has 0 spiro atoms. The van der Waals surface area contributed by atoms with Crippen LogP contribution in [0.1, 0.15) is 123 Å². The van der Waals surface area contributed by atoms with Gasteiger partial charge < -0.3 is 4.74 Å². The van der Waals surface area contributed by atoms with Gasteiger partial charge in [0.1, 0.15) is 0 Å². The number of halogens is 1. The average Bonchev–Trinajstić information content (AvgIpc) is 2.63. The lowest BCUT2D eigenvalue weighted by Gasteiger charge is -2.10. The van der Waals surface area contributed by atoms with E-state index in [0.717, 1.165) is 32.1 Å². The minimum Gasteiger partial charge on any atom is -0.446 e. The van der Waals surface area contributed by atoms with Crippen molar-refractivity contribution in [2.24, 2.45) is 0 Å². The van der Waals surface area contributed by atoms with E-state index in [4.69, 9.17) is 16.3 Å². The largest absolute Gasteiger partial charge is 0.446 e. The van der Waals surface area contributed by atoms with Crippen molar-refractivity contribution in [3.63, 3.8) is 0 Å². The van der Waals surface area contributed by atoms with Crippen LogP contribution in [0.5, 0.6) is 0 Å². The Labute approximate surface area is 168 Å². The first kappa shape index (κ1) is 25.5. The Morgan fingerprint density at radius 1 is 0.769 bits per heavy atom. The molecule has 154 valence electrons. The van der Waals surface area contributed by atoms with Crippen LogP contribution in [0.4, 0.5) is 0 Å². The number of rotatable bonds is 19. The van der Waals surface area contributed by atoms with Gasteiger partial charge in [0.05, 0.1) is 0 Å². The van der Waals surface area contributed by atoms with Crippen molar-refractivity contribution in [1.29, 1.82) is 0 Å². The molecule has 0 amide bonds. The molecular formula is C23H43ClO2. The lowest BCUT2D eigenvalue weighted by Crippen LogP contribution is -2.12. The van der Waals surface area contributed by atoms with Crippen molar-refractivity contribution < 1.29 is 9.53 Å². The van der Waals surface area contributed by atoms with Crippen LogP contribution in [-0.4, -0.2) is 11.5 Å². The van der Waals surface area contributed by atoms with Gasteiger partial charge in [0.15, 0.2) is 5.56 Å². The average molecular weight is 387 g/mol. The number of hydrogen-bond donors (Lipinski definition) is 0. The number of esters is 1. The molecule has 0 bridgehead atoms. The van der Waals surface area contributed by atoms with Crippen LogP contribution < -0.4 is 0 Å². The molecule has 0 rings (SSSR count). The highest BCUT2D eigenvalue weighted by Crippen LogP contribution is 2.13. The maximum absolute atomic E-state index is 11.6. The van der Waals surface area contributed by atoms with Crippen molar-refractivity contribution in [1.82, 2.24) is 0 Å². The number of alkyl halides is 1. The summed E-state index contributed by atoms with van der Waals surface area (Å²) in [6, 6.07) is 0. The Morgan fingerprint density at radius 3 is 1.85 bits per heavy atom. The Bertz CT molecular complexity index is 328. The lowest BCUT2D eigenvalue weighted by atomic mass is 10.1. The van der Waals surface area contributed by atoms with Crippen LogP contribution >= 0.6 is 11.6 Å². The van der Waals surface area contributed by atoms with E-state index in [1.54, 1.807) is 0 Å². The third-order valence-corrected chi connectivity index (χ3v) is 4.99. The maximum atomic E-state index is 11.6. The molecule has 0 aromatic heterocycles. The third-order valence-electron chi connectivity index (χ3n) is 4.69. The molecule has 0 saturated carbocycles. The molecule has 3 heteroatoms. The summed E-state index contributed by atoms with van der Waals surface area (Å²) < 4.78 is 5.19. The summed E-state index contributed by atoms with van der Waals surface area (Å²) in [6.45, 7) is 4.37. The summed E-state index contributed by atoms with van der Waals surface area (Å²) in [5, 5.41) is 0. The highest BCUT2D eigenvalue weighted by atomic mass is 35.5. The normalized spacial score (nSPS) is 12.6. The fourth-order valence-electron chi connectivity index (χ4n) is 2.97. The van der Waals surface area contributed by atoms with Crippen molar-refractivity contribution in [2.45, 2.75) is 129 Å². The van der Waals surface area contributed by atoms with Crippen LogP contribution in [-0.2, 0) is 9.53 Å². The zero-order chi connectivity index (χ0) is 19.3. The summed E-state index contributed by atoms with van der Waals surface area (Å²) in [4.78, 5) is 11.6. The minimum absolute atomic E-state index is 0.136. The second-order valence-corrected chi connectivity index (χ2v) is 7.86. The van der Waals surface area contributed by atoms with Gasteiger partial charge >= 0.3 is 5.97 Å².